The van der Waals surface area contributed by atoms with Gasteiger partial charge in [-0.05, 0) is 48.4 Å². The minimum atomic E-state index is -4.55. The molecule has 0 unspecified atom stereocenters. The lowest BCUT2D eigenvalue weighted by atomic mass is 9.84. The largest absolute Gasteiger partial charge is 0.465 e. The Hall–Kier alpha value is -3.24. The number of carboxylic acid groups (broad SMARTS) is 1. The number of likely N-dealkylation sites (N-methyl/N-ethyl adjacent to an activating group) is 1. The summed E-state index contributed by atoms with van der Waals surface area (Å²) in [6, 6.07) is 7.41. The molecule has 0 aliphatic carbocycles. The van der Waals surface area contributed by atoms with Crippen molar-refractivity contribution in [2.45, 2.75) is 30.7 Å². The summed E-state index contributed by atoms with van der Waals surface area (Å²) in [5.74, 6) is -1.20. The van der Waals surface area contributed by atoms with E-state index in [1.54, 1.807) is 0 Å². The van der Waals surface area contributed by atoms with Crippen molar-refractivity contribution in [3.63, 3.8) is 0 Å². The van der Waals surface area contributed by atoms with E-state index < -0.39 is 47.4 Å². The molecule has 2 aromatic carbocycles. The molecule has 1 saturated heterocycles. The smallest absolute Gasteiger partial charge is 0.416 e. The molecular weight excluding hydrogens is 454 g/mol. The third kappa shape index (κ3) is 5.40. The number of nitrogens with zero attached hydrogens (tertiary/aromatic N) is 2. The maximum atomic E-state index is 12.9. The van der Waals surface area contributed by atoms with Gasteiger partial charge in [0.15, 0.2) is 0 Å². The van der Waals surface area contributed by atoms with Gasteiger partial charge in [0.25, 0.3) is 5.91 Å². The molecule has 0 saturated carbocycles. The number of likely N-dealkylation sites (tertiary alicyclic amines) is 1. The van der Waals surface area contributed by atoms with Gasteiger partial charge in [-0.15, -0.1) is 0 Å². The van der Waals surface area contributed by atoms with Gasteiger partial charge in [-0.3, -0.25) is 4.79 Å². The van der Waals surface area contributed by atoms with Crippen molar-refractivity contribution in [2.24, 2.45) is 0 Å². The van der Waals surface area contributed by atoms with E-state index in [1.165, 1.54) is 24.1 Å². The third-order valence-corrected chi connectivity index (χ3v) is 5.79. The second-order valence-electron chi connectivity index (χ2n) is 7.80. The Kier molecular flexibility index (Phi) is 6.62. The van der Waals surface area contributed by atoms with Gasteiger partial charge in [-0.2, -0.15) is 26.3 Å². The number of piperidine rings is 1. The summed E-state index contributed by atoms with van der Waals surface area (Å²) in [6.45, 7) is 0.0533. The third-order valence-electron chi connectivity index (χ3n) is 5.79. The van der Waals surface area contributed by atoms with Crippen molar-refractivity contribution in [3.05, 3.63) is 70.8 Å². The summed E-state index contributed by atoms with van der Waals surface area (Å²) in [6.07, 6.45) is -10.1. The van der Waals surface area contributed by atoms with Crippen LogP contribution in [0.15, 0.2) is 48.5 Å². The summed E-state index contributed by atoms with van der Waals surface area (Å²) < 4.78 is 77.1. The number of benzene rings is 2. The average molecular weight is 474 g/mol. The zero-order valence-electron chi connectivity index (χ0n) is 17.3. The van der Waals surface area contributed by atoms with Crippen LogP contribution in [-0.2, 0) is 12.4 Å². The van der Waals surface area contributed by atoms with Crippen LogP contribution in [-0.4, -0.2) is 53.1 Å². The van der Waals surface area contributed by atoms with Crippen molar-refractivity contribution >= 4 is 12.0 Å². The van der Waals surface area contributed by atoms with Gasteiger partial charge in [0.2, 0.25) is 0 Å². The maximum Gasteiger partial charge on any atom is 0.416 e. The number of carbonyl (C=O) groups excluding carboxylic acids is 1. The van der Waals surface area contributed by atoms with Gasteiger partial charge in [0.05, 0.1) is 11.1 Å². The molecule has 33 heavy (non-hydrogen) atoms. The van der Waals surface area contributed by atoms with Crippen LogP contribution in [0.25, 0.3) is 0 Å². The fourth-order valence-corrected chi connectivity index (χ4v) is 3.98. The lowest BCUT2D eigenvalue weighted by Crippen LogP contribution is -2.51. The number of halogens is 6. The fourth-order valence-electron chi connectivity index (χ4n) is 3.98. The Morgan fingerprint density at radius 2 is 1.39 bits per heavy atom. The Morgan fingerprint density at radius 1 is 0.909 bits per heavy atom. The van der Waals surface area contributed by atoms with Crippen LogP contribution in [0.4, 0.5) is 31.1 Å². The molecular formula is C22H20F6N2O3. The van der Waals surface area contributed by atoms with Crippen molar-refractivity contribution in [1.82, 2.24) is 9.80 Å². The number of alkyl halides is 6. The first-order valence-corrected chi connectivity index (χ1v) is 9.88. The molecule has 2 amide bonds. The molecule has 2 aromatic rings. The van der Waals surface area contributed by atoms with Gasteiger partial charge in [0.1, 0.15) is 0 Å². The van der Waals surface area contributed by atoms with E-state index in [2.05, 4.69) is 0 Å². The first-order chi connectivity index (χ1) is 15.3. The summed E-state index contributed by atoms with van der Waals surface area (Å²) in [7, 11) is 1.44. The van der Waals surface area contributed by atoms with E-state index in [0.717, 1.165) is 41.3 Å². The predicted molar refractivity (Wildman–Crippen MR) is 106 cm³/mol. The Bertz CT molecular complexity index is 1000. The summed E-state index contributed by atoms with van der Waals surface area (Å²) >= 11 is 0. The molecule has 0 bridgehead atoms. The number of hydrogen-bond donors (Lipinski definition) is 1. The first-order valence-electron chi connectivity index (χ1n) is 9.88. The van der Waals surface area contributed by atoms with Crippen LogP contribution in [0.5, 0.6) is 0 Å². The van der Waals surface area contributed by atoms with Crippen LogP contribution in [0.1, 0.15) is 39.4 Å². The summed E-state index contributed by atoms with van der Waals surface area (Å²) in [5.41, 5.74) is -1.33. The van der Waals surface area contributed by atoms with E-state index >= 15 is 0 Å². The van der Waals surface area contributed by atoms with Crippen molar-refractivity contribution < 1.29 is 41.0 Å². The molecule has 0 aromatic heterocycles. The van der Waals surface area contributed by atoms with Crippen LogP contribution in [0, 0.1) is 0 Å². The normalized spacial score (nSPS) is 19.3. The highest BCUT2D eigenvalue weighted by Crippen LogP contribution is 2.35. The molecule has 5 nitrogen and oxygen atoms in total. The molecule has 1 aliphatic rings. The standard InChI is InChI=1S/C22H20F6N2O3/c1-29(19(31)14-4-8-16(9-5-14)22(26,27)28)18-10-11-30(20(32)33)12-17(18)13-2-6-15(7-3-13)21(23,24)25/h2-9,17-18H,10-12H2,1H3,(H,32,33)/t17-,18+/m0/s1. The lowest BCUT2D eigenvalue weighted by molar-refractivity contribution is -0.138. The number of carbonyl (C=O) groups is 2. The van der Waals surface area contributed by atoms with Gasteiger partial charge < -0.3 is 14.9 Å². The summed E-state index contributed by atoms with van der Waals surface area (Å²) in [5, 5.41) is 9.36. The molecule has 1 fully saturated rings. The van der Waals surface area contributed by atoms with Gasteiger partial charge >= 0.3 is 18.4 Å². The highest BCUT2D eigenvalue weighted by molar-refractivity contribution is 5.94. The molecule has 178 valence electrons. The molecule has 0 spiro atoms. The Labute approximate surface area is 185 Å². The maximum absolute atomic E-state index is 12.9. The van der Waals surface area contributed by atoms with Gasteiger partial charge in [-0.1, -0.05) is 12.1 Å². The summed E-state index contributed by atoms with van der Waals surface area (Å²) in [4.78, 5) is 26.8. The van der Waals surface area contributed by atoms with E-state index in [4.69, 9.17) is 0 Å². The van der Waals surface area contributed by atoms with Crippen LogP contribution in [0.2, 0.25) is 0 Å². The quantitative estimate of drug-likeness (QED) is 0.612. The zero-order valence-corrected chi connectivity index (χ0v) is 17.3. The predicted octanol–water partition coefficient (Wildman–Crippen LogP) is 5.33. The van der Waals surface area contributed by atoms with Gasteiger partial charge in [0, 0.05) is 37.7 Å². The minimum absolute atomic E-state index is 0.0114. The molecule has 3 rings (SSSR count). The zero-order chi connectivity index (χ0) is 24.6. The number of amides is 2. The molecule has 0 radical (unpaired) electrons. The second-order valence-corrected chi connectivity index (χ2v) is 7.80. The average Bonchev–Trinajstić information content (AvgIpc) is 2.76. The van der Waals surface area contributed by atoms with Crippen LogP contribution < -0.4 is 0 Å². The minimum Gasteiger partial charge on any atom is -0.465 e. The Morgan fingerprint density at radius 3 is 1.85 bits per heavy atom. The number of hydrogen-bond acceptors (Lipinski definition) is 2. The lowest BCUT2D eigenvalue weighted by Gasteiger charge is -2.42. The van der Waals surface area contributed by atoms with Crippen LogP contribution >= 0.6 is 0 Å². The van der Waals surface area contributed by atoms with Crippen LogP contribution in [0.3, 0.4) is 0 Å². The van der Waals surface area contributed by atoms with E-state index in [9.17, 15) is 41.0 Å². The highest BCUT2D eigenvalue weighted by atomic mass is 19.4. The monoisotopic (exact) mass is 474 g/mol. The van der Waals surface area contributed by atoms with E-state index in [0.29, 0.717) is 5.56 Å². The van der Waals surface area contributed by atoms with E-state index in [-0.39, 0.29) is 25.1 Å². The second kappa shape index (κ2) is 8.95. The molecule has 2 atom stereocenters. The molecule has 1 N–H and O–H groups in total. The van der Waals surface area contributed by atoms with Crippen molar-refractivity contribution in [3.8, 4) is 0 Å². The fraction of sp³-hybridized carbons (Fsp3) is 0.364. The molecule has 1 heterocycles. The Balaban J connectivity index is 1.88. The van der Waals surface area contributed by atoms with Crippen molar-refractivity contribution in [2.75, 3.05) is 20.1 Å². The molecule has 1 aliphatic heterocycles. The SMILES string of the molecule is CN(C(=O)c1ccc(C(F)(F)F)cc1)[C@@H]1CCN(C(=O)O)C[C@H]1c1ccc(C(F)(F)F)cc1. The number of rotatable bonds is 3. The topological polar surface area (TPSA) is 60.9 Å². The first kappa shape index (κ1) is 24.4. The van der Waals surface area contributed by atoms with E-state index in [1.807, 2.05) is 0 Å². The highest BCUT2D eigenvalue weighted by Gasteiger charge is 2.38. The van der Waals surface area contributed by atoms with Crippen molar-refractivity contribution in [1.29, 1.82) is 0 Å². The van der Waals surface area contributed by atoms with Gasteiger partial charge in [-0.25, -0.2) is 4.79 Å². The molecule has 11 heteroatoms.